The predicted octanol–water partition coefficient (Wildman–Crippen LogP) is 2.83. The van der Waals surface area contributed by atoms with Crippen molar-refractivity contribution in [2.24, 2.45) is 0 Å². The van der Waals surface area contributed by atoms with E-state index in [1.165, 1.54) is 11.5 Å². The fourth-order valence-electron chi connectivity index (χ4n) is 0.446. The van der Waals surface area contributed by atoms with Gasteiger partial charge in [-0.05, 0) is 24.9 Å². The van der Waals surface area contributed by atoms with Crippen molar-refractivity contribution in [1.29, 1.82) is 0 Å². The van der Waals surface area contributed by atoms with Crippen LogP contribution in [0.15, 0.2) is 0 Å². The summed E-state index contributed by atoms with van der Waals surface area (Å²) in [7, 11) is 0. The van der Waals surface area contributed by atoms with Crippen molar-refractivity contribution < 1.29 is 0 Å². The second-order valence-electron chi connectivity index (χ2n) is 1.46. The molecule has 4 heteroatoms. The van der Waals surface area contributed by atoms with Gasteiger partial charge in [-0.3, -0.25) is 0 Å². The topological polar surface area (TPSA) is 12.9 Å². The van der Waals surface area contributed by atoms with Gasteiger partial charge in [-0.15, -0.1) is 0 Å². The molecule has 0 amide bonds. The number of nitrogens with zero attached hydrogens (tertiary/aromatic N) is 1. The van der Waals surface area contributed by atoms with Gasteiger partial charge in [-0.1, -0.05) is 23.2 Å². The lowest BCUT2D eigenvalue weighted by Gasteiger charge is -1.84. The van der Waals surface area contributed by atoms with Crippen molar-refractivity contribution >= 4 is 34.7 Å². The summed E-state index contributed by atoms with van der Waals surface area (Å²) >= 11 is 12.5. The van der Waals surface area contributed by atoms with Gasteiger partial charge < -0.3 is 0 Å². The third-order valence-electron chi connectivity index (χ3n) is 0.889. The minimum atomic E-state index is 0.389. The average Bonchev–Trinajstić information content (AvgIpc) is 2.15. The molecule has 1 aromatic heterocycles. The second kappa shape index (κ2) is 2.86. The van der Waals surface area contributed by atoms with Gasteiger partial charge in [0.15, 0.2) is 5.15 Å². The lowest BCUT2D eigenvalue weighted by molar-refractivity contribution is 1.35. The van der Waals surface area contributed by atoms with Gasteiger partial charge in [0, 0.05) is 4.88 Å². The van der Waals surface area contributed by atoms with Crippen LogP contribution in [-0.2, 0) is 6.42 Å². The highest BCUT2D eigenvalue weighted by atomic mass is 35.5. The molecule has 0 aliphatic heterocycles. The van der Waals surface area contributed by atoms with Crippen molar-refractivity contribution in [2.75, 3.05) is 0 Å². The zero-order chi connectivity index (χ0) is 6.85. The third kappa shape index (κ3) is 1.37. The fraction of sp³-hybridized carbons (Fsp3) is 0.200. The molecule has 0 saturated carbocycles. The summed E-state index contributed by atoms with van der Waals surface area (Å²) in [4.78, 5) is 0.946. The zero-order valence-electron chi connectivity index (χ0n) is 4.53. The van der Waals surface area contributed by atoms with Gasteiger partial charge in [0.2, 0.25) is 0 Å². The first-order valence-electron chi connectivity index (χ1n) is 2.34. The smallest absolute Gasteiger partial charge is 0.161 e. The van der Waals surface area contributed by atoms with E-state index in [4.69, 9.17) is 23.2 Å². The predicted molar refractivity (Wildman–Crippen MR) is 41.2 cm³/mol. The van der Waals surface area contributed by atoms with E-state index in [0.29, 0.717) is 16.6 Å². The summed E-state index contributed by atoms with van der Waals surface area (Å²) in [6.45, 7) is 3.66. The summed E-state index contributed by atoms with van der Waals surface area (Å²) in [5.74, 6) is 0. The van der Waals surface area contributed by atoms with Crippen LogP contribution in [0.3, 0.4) is 0 Å². The van der Waals surface area contributed by atoms with Crippen LogP contribution in [-0.4, -0.2) is 4.37 Å². The molecule has 0 atom stereocenters. The Hall–Kier alpha value is 0.210. The van der Waals surface area contributed by atoms with E-state index >= 15 is 0 Å². The largest absolute Gasteiger partial charge is 0.179 e. The highest BCUT2D eigenvalue weighted by Gasteiger charge is 2.05. The molecule has 0 bridgehead atoms. The molecule has 9 heavy (non-hydrogen) atoms. The Bertz CT molecular complexity index is 209. The van der Waals surface area contributed by atoms with E-state index in [-0.39, 0.29) is 0 Å². The number of aromatic nitrogens is 1. The van der Waals surface area contributed by atoms with Crippen LogP contribution in [0.5, 0.6) is 0 Å². The maximum absolute atomic E-state index is 5.68. The van der Waals surface area contributed by atoms with Crippen LogP contribution in [0.1, 0.15) is 4.88 Å². The molecular weight excluding hydrogens is 177 g/mol. The Kier molecular flexibility index (Phi) is 2.33. The first-order valence-corrected chi connectivity index (χ1v) is 3.87. The molecule has 0 N–H and O–H groups in total. The monoisotopic (exact) mass is 180 g/mol. The Balaban J connectivity index is 3.04. The summed E-state index contributed by atoms with van der Waals surface area (Å²) in [5, 5.41) is 0.942. The fourth-order valence-corrected chi connectivity index (χ4v) is 1.56. The lowest BCUT2D eigenvalue weighted by Crippen LogP contribution is -1.69. The van der Waals surface area contributed by atoms with Gasteiger partial charge in [-0.25, -0.2) is 0 Å². The average molecular weight is 181 g/mol. The van der Waals surface area contributed by atoms with Gasteiger partial charge >= 0.3 is 0 Å². The van der Waals surface area contributed by atoms with Gasteiger partial charge in [0.1, 0.15) is 0 Å². The summed E-state index contributed by atoms with van der Waals surface area (Å²) in [6.07, 6.45) is 0.656. The molecule has 0 spiro atoms. The van der Waals surface area contributed by atoms with Crippen LogP contribution in [0.4, 0.5) is 0 Å². The zero-order valence-corrected chi connectivity index (χ0v) is 6.85. The molecule has 0 aliphatic carbocycles. The highest BCUT2D eigenvalue weighted by Crippen LogP contribution is 2.28. The van der Waals surface area contributed by atoms with E-state index in [2.05, 4.69) is 11.3 Å². The van der Waals surface area contributed by atoms with E-state index in [1.807, 2.05) is 0 Å². The van der Waals surface area contributed by atoms with Crippen LogP contribution in [0.25, 0.3) is 0 Å². The van der Waals surface area contributed by atoms with E-state index in [1.54, 1.807) is 0 Å². The summed E-state index contributed by atoms with van der Waals surface area (Å²) < 4.78 is 3.82. The standard InChI is InChI=1S/C5H4Cl2NS/c1-2-3-4(6)5(7)8-9-3/h1-2H2. The Morgan fingerprint density at radius 2 is 2.22 bits per heavy atom. The second-order valence-corrected chi connectivity index (χ2v) is 3.05. The van der Waals surface area contributed by atoms with Crippen molar-refractivity contribution in [3.63, 3.8) is 0 Å². The van der Waals surface area contributed by atoms with E-state index in [0.717, 1.165) is 4.88 Å². The normalized spacial score (nSPS) is 10.1. The molecule has 1 nitrogen and oxygen atoms in total. The first-order chi connectivity index (χ1) is 4.25. The Labute approximate surface area is 67.8 Å². The maximum Gasteiger partial charge on any atom is 0.161 e. The van der Waals surface area contributed by atoms with Crippen LogP contribution >= 0.6 is 34.7 Å². The lowest BCUT2D eigenvalue weighted by atomic mass is 10.4. The van der Waals surface area contributed by atoms with E-state index in [9.17, 15) is 0 Å². The minimum absolute atomic E-state index is 0.389. The van der Waals surface area contributed by atoms with Crippen LogP contribution in [0, 0.1) is 6.92 Å². The molecule has 49 valence electrons. The van der Waals surface area contributed by atoms with Crippen molar-refractivity contribution in [1.82, 2.24) is 4.37 Å². The molecule has 0 fully saturated rings. The van der Waals surface area contributed by atoms with Crippen LogP contribution in [0.2, 0.25) is 10.2 Å². The molecule has 0 aliphatic rings. The van der Waals surface area contributed by atoms with Crippen molar-refractivity contribution in [3.8, 4) is 0 Å². The highest BCUT2D eigenvalue weighted by molar-refractivity contribution is 7.06. The molecular formula is C5H4Cl2NS. The molecule has 1 heterocycles. The quantitative estimate of drug-likeness (QED) is 0.649. The Morgan fingerprint density at radius 1 is 1.56 bits per heavy atom. The third-order valence-corrected chi connectivity index (χ3v) is 2.78. The Morgan fingerprint density at radius 3 is 2.44 bits per heavy atom. The van der Waals surface area contributed by atoms with Gasteiger partial charge in [-0.2, -0.15) is 4.37 Å². The molecule has 0 saturated heterocycles. The molecule has 1 rings (SSSR count). The first kappa shape index (κ1) is 7.32. The van der Waals surface area contributed by atoms with Gasteiger partial charge in [0.25, 0.3) is 0 Å². The van der Waals surface area contributed by atoms with Crippen molar-refractivity contribution in [3.05, 3.63) is 22.0 Å². The molecule has 0 aromatic carbocycles. The van der Waals surface area contributed by atoms with E-state index < -0.39 is 0 Å². The van der Waals surface area contributed by atoms with Crippen LogP contribution < -0.4 is 0 Å². The molecule has 1 aromatic rings. The number of hydrogen-bond acceptors (Lipinski definition) is 2. The number of hydrogen-bond donors (Lipinski definition) is 0. The number of rotatable bonds is 1. The maximum atomic E-state index is 5.68. The van der Waals surface area contributed by atoms with Gasteiger partial charge in [0.05, 0.1) is 5.02 Å². The number of halogens is 2. The summed E-state index contributed by atoms with van der Waals surface area (Å²) in [6, 6.07) is 0. The van der Waals surface area contributed by atoms with Crippen molar-refractivity contribution in [2.45, 2.75) is 6.42 Å². The molecule has 1 radical (unpaired) electrons. The SMILES string of the molecule is [CH2]Cc1snc(Cl)c1Cl. The molecule has 0 unspecified atom stereocenters. The minimum Gasteiger partial charge on any atom is -0.179 e. The summed E-state index contributed by atoms with van der Waals surface area (Å²) in [5.41, 5.74) is 0.